The summed E-state index contributed by atoms with van der Waals surface area (Å²) in [7, 11) is 0. The van der Waals surface area contributed by atoms with Crippen LogP contribution in [-0.4, -0.2) is 20.7 Å². The molecular formula is C18H20ClN5O. The van der Waals surface area contributed by atoms with Crippen LogP contribution in [0.3, 0.4) is 0 Å². The van der Waals surface area contributed by atoms with Gasteiger partial charge < -0.3 is 11.1 Å². The van der Waals surface area contributed by atoms with Gasteiger partial charge in [-0.05, 0) is 37.6 Å². The molecule has 1 unspecified atom stereocenters. The van der Waals surface area contributed by atoms with E-state index in [4.69, 9.17) is 5.73 Å². The van der Waals surface area contributed by atoms with E-state index in [1.165, 1.54) is 0 Å². The number of amides is 1. The molecule has 25 heavy (non-hydrogen) atoms. The average molecular weight is 358 g/mol. The van der Waals surface area contributed by atoms with Gasteiger partial charge in [-0.1, -0.05) is 30.3 Å². The third kappa shape index (κ3) is 4.23. The molecule has 0 aliphatic heterocycles. The van der Waals surface area contributed by atoms with Crippen molar-refractivity contribution in [2.45, 2.75) is 19.9 Å². The fourth-order valence-corrected chi connectivity index (χ4v) is 2.48. The van der Waals surface area contributed by atoms with Crippen molar-refractivity contribution in [2.75, 3.05) is 5.32 Å². The van der Waals surface area contributed by atoms with Crippen LogP contribution < -0.4 is 11.1 Å². The third-order valence-electron chi connectivity index (χ3n) is 3.68. The van der Waals surface area contributed by atoms with Gasteiger partial charge >= 0.3 is 0 Å². The molecule has 0 saturated heterocycles. The number of carbonyl (C=O) groups is 1. The molecule has 3 rings (SSSR count). The van der Waals surface area contributed by atoms with Crippen LogP contribution in [0.4, 0.5) is 5.69 Å². The summed E-state index contributed by atoms with van der Waals surface area (Å²) in [6.07, 6.45) is 1.60. The summed E-state index contributed by atoms with van der Waals surface area (Å²) in [5.74, 6) is 0.424. The van der Waals surface area contributed by atoms with E-state index in [0.717, 1.165) is 17.0 Å². The van der Waals surface area contributed by atoms with Gasteiger partial charge in [0.25, 0.3) is 0 Å². The Balaban J connectivity index is 0.00000225. The second-order valence-corrected chi connectivity index (χ2v) is 5.62. The van der Waals surface area contributed by atoms with Crippen molar-refractivity contribution in [3.8, 4) is 5.82 Å². The van der Waals surface area contributed by atoms with Crippen LogP contribution in [0.25, 0.3) is 5.82 Å². The number of nitrogens with one attached hydrogen (secondary N) is 1. The predicted octanol–water partition coefficient (Wildman–Crippen LogP) is 2.94. The topological polar surface area (TPSA) is 85.8 Å². The molecule has 2 heterocycles. The Morgan fingerprint density at radius 2 is 1.88 bits per heavy atom. The van der Waals surface area contributed by atoms with Gasteiger partial charge in [0.05, 0.1) is 17.6 Å². The Morgan fingerprint density at radius 3 is 2.44 bits per heavy atom. The van der Waals surface area contributed by atoms with Crippen molar-refractivity contribution >= 4 is 24.0 Å². The van der Waals surface area contributed by atoms with E-state index in [1.54, 1.807) is 16.9 Å². The number of hydrogen-bond donors (Lipinski definition) is 2. The second kappa shape index (κ2) is 7.92. The van der Waals surface area contributed by atoms with Crippen LogP contribution in [0.1, 0.15) is 23.0 Å². The zero-order valence-electron chi connectivity index (χ0n) is 14.0. The predicted molar refractivity (Wildman–Crippen MR) is 100 cm³/mol. The molecule has 0 spiro atoms. The van der Waals surface area contributed by atoms with Gasteiger partial charge in [0.15, 0.2) is 5.82 Å². The molecule has 0 radical (unpaired) electrons. The lowest BCUT2D eigenvalue weighted by molar-refractivity contribution is -0.117. The molecule has 1 amide bonds. The van der Waals surface area contributed by atoms with E-state index >= 15 is 0 Å². The number of aryl methyl sites for hydroxylation is 2. The molecule has 0 aliphatic carbocycles. The van der Waals surface area contributed by atoms with Crippen LogP contribution in [0.2, 0.25) is 0 Å². The Labute approximate surface area is 152 Å². The molecule has 6 nitrogen and oxygen atoms in total. The maximum Gasteiger partial charge on any atom is 0.245 e. The Morgan fingerprint density at radius 1 is 1.16 bits per heavy atom. The van der Waals surface area contributed by atoms with Gasteiger partial charge in [0.1, 0.15) is 6.04 Å². The number of nitrogens with zero attached hydrogens (tertiary/aromatic N) is 3. The zero-order chi connectivity index (χ0) is 17.1. The molecule has 3 N–H and O–H groups in total. The van der Waals surface area contributed by atoms with E-state index < -0.39 is 6.04 Å². The smallest absolute Gasteiger partial charge is 0.245 e. The number of anilines is 1. The molecule has 1 atom stereocenters. The van der Waals surface area contributed by atoms with Gasteiger partial charge in [-0.25, -0.2) is 9.67 Å². The fourth-order valence-electron chi connectivity index (χ4n) is 2.48. The van der Waals surface area contributed by atoms with Crippen LogP contribution in [0, 0.1) is 13.8 Å². The molecule has 0 saturated carbocycles. The van der Waals surface area contributed by atoms with Gasteiger partial charge in [-0.3, -0.25) is 4.79 Å². The number of carbonyl (C=O) groups excluding carboxylic acids is 1. The number of halogens is 1. The van der Waals surface area contributed by atoms with E-state index in [0.29, 0.717) is 11.5 Å². The molecule has 0 aliphatic rings. The van der Waals surface area contributed by atoms with Crippen molar-refractivity contribution in [3.05, 3.63) is 71.7 Å². The van der Waals surface area contributed by atoms with Crippen molar-refractivity contribution in [3.63, 3.8) is 0 Å². The Kier molecular flexibility index (Phi) is 5.90. The van der Waals surface area contributed by atoms with Crippen LogP contribution >= 0.6 is 12.4 Å². The van der Waals surface area contributed by atoms with Gasteiger partial charge in [0.2, 0.25) is 5.91 Å². The van der Waals surface area contributed by atoms with Crippen molar-refractivity contribution in [1.29, 1.82) is 0 Å². The largest absolute Gasteiger partial charge is 0.323 e. The summed E-state index contributed by atoms with van der Waals surface area (Å²) in [6.45, 7) is 3.90. The van der Waals surface area contributed by atoms with Gasteiger partial charge in [-0.15, -0.1) is 12.4 Å². The lowest BCUT2D eigenvalue weighted by Gasteiger charge is -2.12. The SMILES string of the molecule is Cc1cc(C)n(-c2ccc(NC(=O)C(N)c3ccccc3)cn2)n1.Cl. The lowest BCUT2D eigenvalue weighted by atomic mass is 10.1. The van der Waals surface area contributed by atoms with Crippen LogP contribution in [0.15, 0.2) is 54.7 Å². The minimum absolute atomic E-state index is 0. The summed E-state index contributed by atoms with van der Waals surface area (Å²) in [4.78, 5) is 16.6. The molecule has 130 valence electrons. The first-order valence-corrected chi connectivity index (χ1v) is 7.65. The van der Waals surface area contributed by atoms with Crippen molar-refractivity contribution < 1.29 is 4.79 Å². The second-order valence-electron chi connectivity index (χ2n) is 5.62. The number of benzene rings is 1. The first kappa shape index (κ1) is 18.6. The highest BCUT2D eigenvalue weighted by molar-refractivity contribution is 5.95. The molecule has 7 heteroatoms. The van der Waals surface area contributed by atoms with Gasteiger partial charge in [0, 0.05) is 5.69 Å². The molecule has 0 fully saturated rings. The summed E-state index contributed by atoms with van der Waals surface area (Å²) in [5.41, 5.74) is 9.28. The number of aromatic nitrogens is 3. The first-order chi connectivity index (χ1) is 11.5. The highest BCUT2D eigenvalue weighted by Crippen LogP contribution is 2.15. The quantitative estimate of drug-likeness (QED) is 0.751. The molecule has 0 bridgehead atoms. The minimum atomic E-state index is -0.720. The van der Waals surface area contributed by atoms with E-state index in [2.05, 4.69) is 15.4 Å². The van der Waals surface area contributed by atoms with Crippen LogP contribution in [0.5, 0.6) is 0 Å². The van der Waals surface area contributed by atoms with E-state index in [9.17, 15) is 4.79 Å². The number of hydrogen-bond acceptors (Lipinski definition) is 4. The normalized spacial score (nSPS) is 11.5. The highest BCUT2D eigenvalue weighted by atomic mass is 35.5. The van der Waals surface area contributed by atoms with Gasteiger partial charge in [-0.2, -0.15) is 5.10 Å². The summed E-state index contributed by atoms with van der Waals surface area (Å²) >= 11 is 0. The average Bonchev–Trinajstić information content (AvgIpc) is 2.94. The van der Waals surface area contributed by atoms with Crippen LogP contribution in [-0.2, 0) is 4.79 Å². The summed E-state index contributed by atoms with van der Waals surface area (Å²) < 4.78 is 1.76. The van der Waals surface area contributed by atoms with Crippen molar-refractivity contribution in [2.24, 2.45) is 5.73 Å². The third-order valence-corrected chi connectivity index (χ3v) is 3.68. The molecule has 3 aromatic rings. The number of rotatable bonds is 4. The Hall–Kier alpha value is -2.70. The zero-order valence-corrected chi connectivity index (χ0v) is 14.8. The highest BCUT2D eigenvalue weighted by Gasteiger charge is 2.15. The minimum Gasteiger partial charge on any atom is -0.323 e. The van der Waals surface area contributed by atoms with Crippen molar-refractivity contribution in [1.82, 2.24) is 14.8 Å². The van der Waals surface area contributed by atoms with E-state index in [1.807, 2.05) is 56.3 Å². The molecule has 1 aromatic carbocycles. The van der Waals surface area contributed by atoms with E-state index in [-0.39, 0.29) is 18.3 Å². The maximum atomic E-state index is 12.2. The molecular weight excluding hydrogens is 338 g/mol. The Bertz CT molecular complexity index is 846. The monoisotopic (exact) mass is 357 g/mol. The standard InChI is InChI=1S/C18H19N5O.ClH/c1-12-10-13(2)23(22-12)16-9-8-15(11-20-16)21-18(24)17(19)14-6-4-3-5-7-14;/h3-11,17H,19H2,1-2H3,(H,21,24);1H. The lowest BCUT2D eigenvalue weighted by Crippen LogP contribution is -2.27. The fraction of sp³-hybridized carbons (Fsp3) is 0.167. The maximum absolute atomic E-state index is 12.2. The molecule has 2 aromatic heterocycles. The number of pyridine rings is 1. The number of nitrogens with two attached hydrogens (primary N) is 1. The summed E-state index contributed by atoms with van der Waals surface area (Å²) in [5, 5.41) is 7.17. The first-order valence-electron chi connectivity index (χ1n) is 7.65. The summed E-state index contributed by atoms with van der Waals surface area (Å²) in [6, 6.07) is 14.1.